The van der Waals surface area contributed by atoms with Gasteiger partial charge in [0.2, 0.25) is 5.91 Å². The Kier molecular flexibility index (Phi) is 3.35. The van der Waals surface area contributed by atoms with Gasteiger partial charge in [0.05, 0.1) is 6.04 Å². The molecule has 2 N–H and O–H groups in total. The third-order valence-electron chi connectivity index (χ3n) is 5.41. The third-order valence-corrected chi connectivity index (χ3v) is 5.41. The average Bonchev–Trinajstić information content (AvgIpc) is 2.90. The quantitative estimate of drug-likeness (QED) is 0.789. The minimum atomic E-state index is 0.0632. The Balaban J connectivity index is 1.61. The van der Waals surface area contributed by atoms with Crippen LogP contribution in [0.25, 0.3) is 0 Å². The second-order valence-electron chi connectivity index (χ2n) is 6.85. The summed E-state index contributed by atoms with van der Waals surface area (Å²) >= 11 is 0. The maximum absolute atomic E-state index is 12.5. The van der Waals surface area contributed by atoms with Crippen LogP contribution in [0.5, 0.6) is 0 Å². The number of hydrogen-bond acceptors (Lipinski definition) is 2. The van der Waals surface area contributed by atoms with Crippen LogP contribution in [0, 0.1) is 11.8 Å². The summed E-state index contributed by atoms with van der Waals surface area (Å²) < 4.78 is 0. The monoisotopic (exact) mass is 250 g/mol. The molecule has 2 aliphatic carbocycles. The van der Waals surface area contributed by atoms with Gasteiger partial charge in [-0.15, -0.1) is 0 Å². The van der Waals surface area contributed by atoms with Crippen molar-refractivity contribution in [1.82, 2.24) is 10.6 Å². The van der Waals surface area contributed by atoms with Crippen molar-refractivity contribution in [2.75, 3.05) is 6.54 Å². The van der Waals surface area contributed by atoms with Crippen LogP contribution in [0.4, 0.5) is 0 Å². The molecule has 3 heteroatoms. The number of rotatable bonds is 2. The number of amides is 1. The molecule has 1 saturated heterocycles. The molecule has 18 heavy (non-hydrogen) atoms. The summed E-state index contributed by atoms with van der Waals surface area (Å²) in [7, 11) is 0. The van der Waals surface area contributed by atoms with Gasteiger partial charge in [-0.3, -0.25) is 4.79 Å². The molecule has 1 amide bonds. The Hall–Kier alpha value is -0.570. The number of hydrogen-bond donors (Lipinski definition) is 2. The highest BCUT2D eigenvalue weighted by molar-refractivity contribution is 5.83. The molecular formula is C15H26N2O. The van der Waals surface area contributed by atoms with Crippen LogP contribution in [0.15, 0.2) is 0 Å². The fraction of sp³-hybridized carbons (Fsp3) is 0.933. The van der Waals surface area contributed by atoms with Gasteiger partial charge in [-0.1, -0.05) is 25.7 Å². The fourth-order valence-electron chi connectivity index (χ4n) is 4.31. The van der Waals surface area contributed by atoms with E-state index in [1.165, 1.54) is 38.5 Å². The Morgan fingerprint density at radius 3 is 2.72 bits per heavy atom. The maximum Gasteiger partial charge on any atom is 0.237 e. The molecule has 0 aromatic heterocycles. The topological polar surface area (TPSA) is 41.1 Å². The lowest BCUT2D eigenvalue weighted by atomic mass is 9.82. The van der Waals surface area contributed by atoms with E-state index in [2.05, 4.69) is 17.6 Å². The molecule has 0 bridgehead atoms. The highest BCUT2D eigenvalue weighted by Gasteiger charge is 2.43. The van der Waals surface area contributed by atoms with Crippen molar-refractivity contribution in [3.63, 3.8) is 0 Å². The number of fused-ring (bicyclic) bond motifs is 1. The van der Waals surface area contributed by atoms with Gasteiger partial charge in [0.15, 0.2) is 0 Å². The van der Waals surface area contributed by atoms with Crippen molar-refractivity contribution >= 4 is 5.91 Å². The standard InChI is InChI=1S/C15H26N2O/c1-15(8-3-2-4-9-15)17-14(18)13-12-7-5-6-11(12)10-16-13/h11-13,16H,2-10H2,1H3,(H,17,18). The first-order valence-corrected chi connectivity index (χ1v) is 7.73. The number of carbonyl (C=O) groups excluding carboxylic acids is 1. The fourth-order valence-corrected chi connectivity index (χ4v) is 4.31. The Labute approximate surface area is 110 Å². The predicted molar refractivity (Wildman–Crippen MR) is 72.3 cm³/mol. The van der Waals surface area contributed by atoms with Crippen LogP contribution in [-0.2, 0) is 4.79 Å². The van der Waals surface area contributed by atoms with E-state index in [9.17, 15) is 4.79 Å². The molecule has 1 heterocycles. The molecule has 3 rings (SSSR count). The zero-order valence-electron chi connectivity index (χ0n) is 11.5. The van der Waals surface area contributed by atoms with Gasteiger partial charge < -0.3 is 10.6 Å². The summed E-state index contributed by atoms with van der Waals surface area (Å²) in [6.45, 7) is 3.28. The molecule has 0 aromatic carbocycles. The van der Waals surface area contributed by atoms with Gasteiger partial charge in [-0.25, -0.2) is 0 Å². The molecule has 3 atom stereocenters. The summed E-state index contributed by atoms with van der Waals surface area (Å²) in [6, 6.07) is 0.0938. The van der Waals surface area contributed by atoms with E-state index in [0.717, 1.165) is 25.3 Å². The molecule has 2 saturated carbocycles. The summed E-state index contributed by atoms with van der Waals surface area (Å²) in [5.74, 6) is 1.64. The van der Waals surface area contributed by atoms with Gasteiger partial charge in [-0.2, -0.15) is 0 Å². The van der Waals surface area contributed by atoms with Gasteiger partial charge in [0.25, 0.3) is 0 Å². The molecule has 3 unspecified atom stereocenters. The molecule has 3 nitrogen and oxygen atoms in total. The lowest BCUT2D eigenvalue weighted by Gasteiger charge is -2.36. The summed E-state index contributed by atoms with van der Waals surface area (Å²) in [6.07, 6.45) is 10.0. The van der Waals surface area contributed by atoms with E-state index in [-0.39, 0.29) is 17.5 Å². The minimum Gasteiger partial charge on any atom is -0.350 e. The van der Waals surface area contributed by atoms with Crippen LogP contribution in [0.3, 0.4) is 0 Å². The van der Waals surface area contributed by atoms with E-state index in [0.29, 0.717) is 5.92 Å². The Morgan fingerprint density at radius 1 is 1.17 bits per heavy atom. The average molecular weight is 250 g/mol. The van der Waals surface area contributed by atoms with Gasteiger partial charge in [0, 0.05) is 5.54 Å². The van der Waals surface area contributed by atoms with Crippen LogP contribution >= 0.6 is 0 Å². The first-order chi connectivity index (χ1) is 8.68. The zero-order valence-corrected chi connectivity index (χ0v) is 11.5. The van der Waals surface area contributed by atoms with Crippen molar-refractivity contribution in [1.29, 1.82) is 0 Å². The van der Waals surface area contributed by atoms with Crippen LogP contribution in [-0.4, -0.2) is 24.0 Å². The predicted octanol–water partition coefficient (Wildman–Crippen LogP) is 2.21. The second kappa shape index (κ2) is 4.84. The van der Waals surface area contributed by atoms with Crippen molar-refractivity contribution in [3.8, 4) is 0 Å². The number of carbonyl (C=O) groups is 1. The van der Waals surface area contributed by atoms with Crippen molar-refractivity contribution in [2.24, 2.45) is 11.8 Å². The highest BCUT2D eigenvalue weighted by Crippen LogP contribution is 2.38. The third kappa shape index (κ3) is 2.29. The Bertz CT molecular complexity index is 322. The van der Waals surface area contributed by atoms with E-state index >= 15 is 0 Å². The van der Waals surface area contributed by atoms with Crippen LogP contribution in [0.1, 0.15) is 58.3 Å². The minimum absolute atomic E-state index is 0.0632. The van der Waals surface area contributed by atoms with E-state index < -0.39 is 0 Å². The first kappa shape index (κ1) is 12.5. The second-order valence-corrected chi connectivity index (χ2v) is 6.85. The molecular weight excluding hydrogens is 224 g/mol. The summed E-state index contributed by atoms with van der Waals surface area (Å²) in [5.41, 5.74) is 0.0632. The van der Waals surface area contributed by atoms with Crippen molar-refractivity contribution < 1.29 is 4.79 Å². The lowest BCUT2D eigenvalue weighted by Crippen LogP contribution is -2.54. The Morgan fingerprint density at radius 2 is 1.94 bits per heavy atom. The van der Waals surface area contributed by atoms with Crippen LogP contribution in [0.2, 0.25) is 0 Å². The summed E-state index contributed by atoms with van der Waals surface area (Å²) in [5, 5.41) is 6.80. The SMILES string of the molecule is CC1(NC(=O)C2NCC3CCCC32)CCCCC1. The zero-order chi connectivity index (χ0) is 12.6. The van der Waals surface area contributed by atoms with Crippen LogP contribution < -0.4 is 10.6 Å². The van der Waals surface area contributed by atoms with Gasteiger partial charge in [0.1, 0.15) is 0 Å². The van der Waals surface area contributed by atoms with E-state index in [4.69, 9.17) is 0 Å². The summed E-state index contributed by atoms with van der Waals surface area (Å²) in [4.78, 5) is 12.5. The lowest BCUT2D eigenvalue weighted by molar-refractivity contribution is -0.126. The van der Waals surface area contributed by atoms with Crippen molar-refractivity contribution in [3.05, 3.63) is 0 Å². The molecule has 3 fully saturated rings. The van der Waals surface area contributed by atoms with E-state index in [1.54, 1.807) is 0 Å². The van der Waals surface area contributed by atoms with Gasteiger partial charge in [-0.05, 0) is 51.0 Å². The molecule has 0 spiro atoms. The normalized spacial score (nSPS) is 38.4. The molecule has 0 aromatic rings. The smallest absolute Gasteiger partial charge is 0.237 e. The number of nitrogens with one attached hydrogen (secondary N) is 2. The molecule has 102 valence electrons. The molecule has 3 aliphatic rings. The first-order valence-electron chi connectivity index (χ1n) is 7.73. The van der Waals surface area contributed by atoms with E-state index in [1.807, 2.05) is 0 Å². The maximum atomic E-state index is 12.5. The molecule has 1 aliphatic heterocycles. The van der Waals surface area contributed by atoms with Crippen molar-refractivity contribution in [2.45, 2.75) is 69.9 Å². The molecule has 0 radical (unpaired) electrons. The largest absolute Gasteiger partial charge is 0.350 e. The highest BCUT2D eigenvalue weighted by atomic mass is 16.2. The van der Waals surface area contributed by atoms with Gasteiger partial charge >= 0.3 is 0 Å².